The number of hydrogen-bond donors (Lipinski definition) is 3. The largest absolute Gasteiger partial charge is 0.508 e. The Morgan fingerprint density at radius 1 is 0.867 bits per heavy atom. The predicted molar refractivity (Wildman–Crippen MR) is 59.6 cm³/mol. The van der Waals surface area contributed by atoms with Gasteiger partial charge in [-0.25, -0.2) is 0 Å². The molecule has 0 fully saturated rings. The Balaban J connectivity index is 2.49. The Bertz CT molecular complexity index is 477. The zero-order valence-corrected chi connectivity index (χ0v) is 8.01. The lowest BCUT2D eigenvalue weighted by atomic mass is 10.0. The van der Waals surface area contributed by atoms with E-state index in [-0.39, 0.29) is 11.5 Å². The van der Waals surface area contributed by atoms with Crippen LogP contribution < -0.4 is 5.73 Å². The highest BCUT2D eigenvalue weighted by molar-refractivity contribution is 5.72. The average molecular weight is 201 g/mol. The van der Waals surface area contributed by atoms with Crippen molar-refractivity contribution in [2.24, 2.45) is 0 Å². The fourth-order valence-corrected chi connectivity index (χ4v) is 1.43. The topological polar surface area (TPSA) is 66.5 Å². The number of nitrogens with two attached hydrogens (primary N) is 1. The highest BCUT2D eigenvalue weighted by Gasteiger charge is 2.03. The molecule has 3 heteroatoms. The maximum absolute atomic E-state index is 9.67. The molecule has 0 aromatic heterocycles. The van der Waals surface area contributed by atoms with Crippen molar-refractivity contribution in [3.63, 3.8) is 0 Å². The molecule has 2 aromatic rings. The molecular weight excluding hydrogens is 190 g/mol. The molecule has 0 spiro atoms. The Labute approximate surface area is 87.4 Å². The molecule has 0 amide bonds. The molecule has 0 radical (unpaired) electrons. The molecular formula is C12H11NO2. The van der Waals surface area contributed by atoms with E-state index in [2.05, 4.69) is 0 Å². The molecule has 0 unspecified atom stereocenters. The normalized spacial score (nSPS) is 10.1. The van der Waals surface area contributed by atoms with Crippen LogP contribution in [0.1, 0.15) is 0 Å². The van der Waals surface area contributed by atoms with Gasteiger partial charge in [-0.05, 0) is 29.8 Å². The molecule has 0 saturated carbocycles. The maximum atomic E-state index is 9.67. The van der Waals surface area contributed by atoms with E-state index >= 15 is 0 Å². The number of aromatic hydroxyl groups is 2. The minimum absolute atomic E-state index is 0.140. The molecule has 0 aliphatic heterocycles. The molecule has 0 heterocycles. The summed E-state index contributed by atoms with van der Waals surface area (Å²) in [4.78, 5) is 0. The van der Waals surface area contributed by atoms with Crippen LogP contribution in [-0.2, 0) is 0 Å². The van der Waals surface area contributed by atoms with E-state index in [1.54, 1.807) is 36.4 Å². The van der Waals surface area contributed by atoms with Crippen molar-refractivity contribution in [2.75, 3.05) is 5.73 Å². The van der Waals surface area contributed by atoms with Gasteiger partial charge >= 0.3 is 0 Å². The summed E-state index contributed by atoms with van der Waals surface area (Å²) in [6.07, 6.45) is 0. The Hall–Kier alpha value is -2.16. The van der Waals surface area contributed by atoms with Gasteiger partial charge < -0.3 is 15.9 Å². The van der Waals surface area contributed by atoms with Gasteiger partial charge in [0.05, 0.1) is 0 Å². The van der Waals surface area contributed by atoms with Crippen molar-refractivity contribution < 1.29 is 10.2 Å². The lowest BCUT2D eigenvalue weighted by Gasteiger charge is -2.05. The van der Waals surface area contributed by atoms with Crippen LogP contribution in [0.2, 0.25) is 0 Å². The number of benzene rings is 2. The molecule has 0 saturated heterocycles. The molecule has 2 aromatic carbocycles. The summed E-state index contributed by atoms with van der Waals surface area (Å²) in [6, 6.07) is 11.6. The van der Waals surface area contributed by atoms with Crippen LogP contribution in [0.25, 0.3) is 11.1 Å². The smallest absolute Gasteiger partial charge is 0.125 e. The predicted octanol–water partition coefficient (Wildman–Crippen LogP) is 2.35. The first-order valence-corrected chi connectivity index (χ1v) is 4.55. The third-order valence-electron chi connectivity index (χ3n) is 2.20. The number of phenols is 2. The van der Waals surface area contributed by atoms with Gasteiger partial charge in [0.15, 0.2) is 0 Å². The summed E-state index contributed by atoms with van der Waals surface area (Å²) >= 11 is 0. The molecule has 15 heavy (non-hydrogen) atoms. The highest BCUT2D eigenvalue weighted by atomic mass is 16.3. The van der Waals surface area contributed by atoms with E-state index in [1.807, 2.05) is 0 Å². The van der Waals surface area contributed by atoms with Gasteiger partial charge in [0.2, 0.25) is 0 Å². The molecule has 3 nitrogen and oxygen atoms in total. The Morgan fingerprint density at radius 2 is 1.53 bits per heavy atom. The number of nitrogen functional groups attached to an aromatic ring is 1. The monoisotopic (exact) mass is 201 g/mol. The van der Waals surface area contributed by atoms with Gasteiger partial charge in [0, 0.05) is 17.3 Å². The van der Waals surface area contributed by atoms with E-state index < -0.39 is 0 Å². The number of rotatable bonds is 1. The molecule has 76 valence electrons. The third-order valence-corrected chi connectivity index (χ3v) is 2.20. The van der Waals surface area contributed by atoms with Crippen molar-refractivity contribution in [3.8, 4) is 22.6 Å². The fourth-order valence-electron chi connectivity index (χ4n) is 1.43. The fraction of sp³-hybridized carbons (Fsp3) is 0. The summed E-state index contributed by atoms with van der Waals surface area (Å²) in [5.74, 6) is 0.342. The lowest BCUT2D eigenvalue weighted by molar-refractivity contribution is 0.474. The molecule has 4 N–H and O–H groups in total. The molecule has 0 bridgehead atoms. The van der Waals surface area contributed by atoms with Crippen LogP contribution in [0.4, 0.5) is 5.69 Å². The highest BCUT2D eigenvalue weighted by Crippen LogP contribution is 2.31. The van der Waals surface area contributed by atoms with Crippen LogP contribution in [0.5, 0.6) is 11.5 Å². The van der Waals surface area contributed by atoms with Crippen LogP contribution in [0, 0.1) is 0 Å². The first-order chi connectivity index (χ1) is 7.16. The second-order valence-corrected chi connectivity index (χ2v) is 3.32. The average Bonchev–Trinajstić information content (AvgIpc) is 2.20. The quantitative estimate of drug-likeness (QED) is 0.620. The van der Waals surface area contributed by atoms with Crippen molar-refractivity contribution in [3.05, 3.63) is 42.5 Å². The van der Waals surface area contributed by atoms with Crippen molar-refractivity contribution in [2.45, 2.75) is 0 Å². The zero-order valence-electron chi connectivity index (χ0n) is 8.01. The van der Waals surface area contributed by atoms with Gasteiger partial charge in [-0.1, -0.05) is 12.1 Å². The number of anilines is 1. The van der Waals surface area contributed by atoms with E-state index in [0.29, 0.717) is 11.3 Å². The van der Waals surface area contributed by atoms with Crippen molar-refractivity contribution >= 4 is 5.69 Å². The second-order valence-electron chi connectivity index (χ2n) is 3.32. The van der Waals surface area contributed by atoms with Crippen LogP contribution >= 0.6 is 0 Å². The molecule has 2 rings (SSSR count). The standard InChI is InChI=1S/C12H11NO2/c13-9-3-6-11(12(15)7-9)8-1-4-10(14)5-2-8/h1-7,14-15H,13H2. The van der Waals surface area contributed by atoms with Crippen LogP contribution in [-0.4, -0.2) is 10.2 Å². The number of phenolic OH excluding ortho intramolecular Hbond substituents is 2. The first-order valence-electron chi connectivity index (χ1n) is 4.55. The van der Waals surface area contributed by atoms with E-state index in [4.69, 9.17) is 10.8 Å². The van der Waals surface area contributed by atoms with Crippen molar-refractivity contribution in [1.82, 2.24) is 0 Å². The van der Waals surface area contributed by atoms with Gasteiger partial charge in [-0.15, -0.1) is 0 Å². The van der Waals surface area contributed by atoms with Crippen LogP contribution in [0.15, 0.2) is 42.5 Å². The summed E-state index contributed by atoms with van der Waals surface area (Å²) in [5, 5.41) is 18.8. The summed E-state index contributed by atoms with van der Waals surface area (Å²) in [5.41, 5.74) is 7.59. The van der Waals surface area contributed by atoms with Gasteiger partial charge in [0.25, 0.3) is 0 Å². The molecule has 0 aliphatic carbocycles. The van der Waals surface area contributed by atoms with Crippen molar-refractivity contribution in [1.29, 1.82) is 0 Å². The molecule has 0 aliphatic rings. The van der Waals surface area contributed by atoms with E-state index in [9.17, 15) is 5.11 Å². The minimum Gasteiger partial charge on any atom is -0.508 e. The zero-order chi connectivity index (χ0) is 10.8. The second kappa shape index (κ2) is 3.53. The maximum Gasteiger partial charge on any atom is 0.125 e. The first kappa shape index (κ1) is 9.40. The Morgan fingerprint density at radius 3 is 2.13 bits per heavy atom. The summed E-state index contributed by atoms with van der Waals surface area (Å²) in [6.45, 7) is 0. The SMILES string of the molecule is Nc1ccc(-c2ccc(O)cc2)c(O)c1. The lowest BCUT2D eigenvalue weighted by Crippen LogP contribution is -1.85. The summed E-state index contributed by atoms with van der Waals surface area (Å²) < 4.78 is 0. The van der Waals surface area contributed by atoms with E-state index in [1.165, 1.54) is 6.07 Å². The summed E-state index contributed by atoms with van der Waals surface area (Å²) in [7, 11) is 0. The van der Waals surface area contributed by atoms with Gasteiger partial charge in [0.1, 0.15) is 11.5 Å². The van der Waals surface area contributed by atoms with Gasteiger partial charge in [-0.2, -0.15) is 0 Å². The van der Waals surface area contributed by atoms with Gasteiger partial charge in [-0.3, -0.25) is 0 Å². The van der Waals surface area contributed by atoms with E-state index in [0.717, 1.165) is 5.56 Å². The Kier molecular flexibility index (Phi) is 2.21. The minimum atomic E-state index is 0.140. The van der Waals surface area contributed by atoms with Crippen LogP contribution in [0.3, 0.4) is 0 Å². The third kappa shape index (κ3) is 1.86. The molecule has 0 atom stereocenters. The number of hydrogen-bond acceptors (Lipinski definition) is 3.